The molecule has 0 fully saturated rings. The van der Waals surface area contributed by atoms with Crippen molar-refractivity contribution in [1.82, 2.24) is 25.1 Å². The fourth-order valence-electron chi connectivity index (χ4n) is 2.57. The van der Waals surface area contributed by atoms with Crippen LogP contribution in [-0.2, 0) is 11.3 Å². The molecule has 0 aliphatic rings. The van der Waals surface area contributed by atoms with Gasteiger partial charge < -0.3 is 16.0 Å². The smallest absolute Gasteiger partial charge is 0.267 e. The Bertz CT molecular complexity index is 1030. The van der Waals surface area contributed by atoms with Crippen LogP contribution < -0.4 is 21.5 Å². The number of hydrogen-bond donors (Lipinski definition) is 3. The highest BCUT2D eigenvalue weighted by molar-refractivity contribution is 5.75. The van der Waals surface area contributed by atoms with Gasteiger partial charge in [-0.1, -0.05) is 17.7 Å². The molecule has 1 aromatic carbocycles. The molecule has 0 spiro atoms. The highest BCUT2D eigenvalue weighted by Gasteiger charge is 2.06. The van der Waals surface area contributed by atoms with Crippen LogP contribution in [-0.4, -0.2) is 38.7 Å². The van der Waals surface area contributed by atoms with Crippen molar-refractivity contribution in [3.8, 4) is 0 Å². The lowest BCUT2D eigenvalue weighted by atomic mass is 10.2. The number of amides is 1. The fourth-order valence-corrected chi connectivity index (χ4v) is 2.57. The molecule has 0 unspecified atom stereocenters. The van der Waals surface area contributed by atoms with Crippen molar-refractivity contribution in [2.45, 2.75) is 20.4 Å². The molecule has 0 saturated heterocycles. The Morgan fingerprint density at radius 1 is 1.07 bits per heavy atom. The molecule has 3 rings (SSSR count). The first kappa shape index (κ1) is 20.0. The Morgan fingerprint density at radius 2 is 1.86 bits per heavy atom. The van der Waals surface area contributed by atoms with Crippen LogP contribution in [0.5, 0.6) is 0 Å². The van der Waals surface area contributed by atoms with Crippen LogP contribution in [0.2, 0.25) is 0 Å². The minimum Gasteiger partial charge on any atom is -0.353 e. The van der Waals surface area contributed by atoms with E-state index in [0.717, 1.165) is 16.1 Å². The number of hydrogen-bond acceptors (Lipinski definition) is 7. The Kier molecular flexibility index (Phi) is 6.51. The normalized spacial score (nSPS) is 10.4. The summed E-state index contributed by atoms with van der Waals surface area (Å²) in [5.41, 5.74) is 2.63. The van der Waals surface area contributed by atoms with E-state index in [0.29, 0.717) is 24.9 Å². The molecule has 150 valence electrons. The Hall–Kier alpha value is -3.75. The van der Waals surface area contributed by atoms with Crippen molar-refractivity contribution in [3.05, 3.63) is 70.3 Å². The first-order valence-corrected chi connectivity index (χ1v) is 9.22. The highest BCUT2D eigenvalue weighted by atomic mass is 16.2. The van der Waals surface area contributed by atoms with Crippen LogP contribution in [0.4, 0.5) is 17.5 Å². The fraction of sp³-hybridized carbons (Fsp3) is 0.250. The molecule has 0 aliphatic carbocycles. The lowest BCUT2D eigenvalue weighted by molar-refractivity contribution is -0.121. The summed E-state index contributed by atoms with van der Waals surface area (Å²) in [6.07, 6.45) is 1.47. The van der Waals surface area contributed by atoms with Crippen molar-refractivity contribution < 1.29 is 4.79 Å². The molecule has 3 aromatic rings. The molecule has 9 heteroatoms. The summed E-state index contributed by atoms with van der Waals surface area (Å²) in [7, 11) is 0. The molecule has 0 saturated carbocycles. The number of anilines is 3. The third-order valence-corrected chi connectivity index (χ3v) is 3.99. The van der Waals surface area contributed by atoms with Crippen LogP contribution in [0.3, 0.4) is 0 Å². The van der Waals surface area contributed by atoms with Gasteiger partial charge in [0.05, 0.1) is 0 Å². The molecule has 0 radical (unpaired) electrons. The second kappa shape index (κ2) is 9.45. The number of nitrogens with one attached hydrogen (secondary N) is 3. The van der Waals surface area contributed by atoms with Gasteiger partial charge in [-0.3, -0.25) is 9.59 Å². The predicted molar refractivity (Wildman–Crippen MR) is 111 cm³/mol. The molecular formula is C20H23N7O2. The summed E-state index contributed by atoms with van der Waals surface area (Å²) < 4.78 is 1.11. The zero-order valence-corrected chi connectivity index (χ0v) is 16.3. The van der Waals surface area contributed by atoms with Crippen LogP contribution in [0.1, 0.15) is 11.3 Å². The molecule has 0 atom stereocenters. The third-order valence-electron chi connectivity index (χ3n) is 3.99. The molecule has 3 N–H and O–H groups in total. The predicted octanol–water partition coefficient (Wildman–Crippen LogP) is 1.62. The summed E-state index contributed by atoms with van der Waals surface area (Å²) in [6, 6.07) is 12.8. The van der Waals surface area contributed by atoms with Gasteiger partial charge in [0.2, 0.25) is 11.9 Å². The third kappa shape index (κ3) is 6.13. The second-order valence-corrected chi connectivity index (χ2v) is 6.51. The number of benzene rings is 1. The lowest BCUT2D eigenvalue weighted by Crippen LogP contribution is -2.35. The summed E-state index contributed by atoms with van der Waals surface area (Å²) >= 11 is 0. The van der Waals surface area contributed by atoms with Gasteiger partial charge in [-0.05, 0) is 32.0 Å². The van der Waals surface area contributed by atoms with Gasteiger partial charge in [0.1, 0.15) is 12.4 Å². The van der Waals surface area contributed by atoms with E-state index < -0.39 is 0 Å². The maximum atomic E-state index is 11.9. The van der Waals surface area contributed by atoms with E-state index in [1.807, 2.05) is 44.2 Å². The largest absolute Gasteiger partial charge is 0.353 e. The van der Waals surface area contributed by atoms with Gasteiger partial charge in [0, 0.05) is 42.8 Å². The number of aryl methyl sites for hydroxylation is 2. The van der Waals surface area contributed by atoms with E-state index in [2.05, 4.69) is 31.0 Å². The SMILES string of the molecule is Cc1ccc(Nc2cc(C)nc(NCCNC(=O)Cn3ncccc3=O)n2)cc1. The Morgan fingerprint density at radius 3 is 2.62 bits per heavy atom. The first-order chi connectivity index (χ1) is 14.0. The molecule has 2 heterocycles. The summed E-state index contributed by atoms with van der Waals surface area (Å²) in [5.74, 6) is 0.858. The highest BCUT2D eigenvalue weighted by Crippen LogP contribution is 2.17. The number of nitrogens with zero attached hydrogens (tertiary/aromatic N) is 4. The summed E-state index contributed by atoms with van der Waals surface area (Å²) in [6.45, 7) is 4.60. The van der Waals surface area contributed by atoms with E-state index in [1.165, 1.54) is 23.9 Å². The molecule has 0 aliphatic heterocycles. The van der Waals surface area contributed by atoms with Gasteiger partial charge in [0.15, 0.2) is 0 Å². The summed E-state index contributed by atoms with van der Waals surface area (Å²) in [5, 5.41) is 12.9. The number of carbonyl (C=O) groups is 1. The van der Waals surface area contributed by atoms with Gasteiger partial charge >= 0.3 is 0 Å². The van der Waals surface area contributed by atoms with Crippen LogP contribution in [0, 0.1) is 13.8 Å². The molecule has 2 aromatic heterocycles. The van der Waals surface area contributed by atoms with E-state index in [4.69, 9.17) is 0 Å². The van der Waals surface area contributed by atoms with Gasteiger partial charge in [0.25, 0.3) is 5.56 Å². The molecule has 9 nitrogen and oxygen atoms in total. The van der Waals surface area contributed by atoms with Crippen molar-refractivity contribution in [2.75, 3.05) is 23.7 Å². The van der Waals surface area contributed by atoms with Crippen LogP contribution in [0.25, 0.3) is 0 Å². The van der Waals surface area contributed by atoms with Gasteiger partial charge in [-0.15, -0.1) is 0 Å². The van der Waals surface area contributed by atoms with E-state index >= 15 is 0 Å². The van der Waals surface area contributed by atoms with Crippen molar-refractivity contribution in [2.24, 2.45) is 0 Å². The quantitative estimate of drug-likeness (QED) is 0.498. The lowest BCUT2D eigenvalue weighted by Gasteiger charge is -2.11. The molecular weight excluding hydrogens is 370 g/mol. The van der Waals surface area contributed by atoms with Crippen molar-refractivity contribution >= 4 is 23.4 Å². The van der Waals surface area contributed by atoms with Gasteiger partial charge in [-0.25, -0.2) is 9.67 Å². The maximum Gasteiger partial charge on any atom is 0.267 e. The zero-order chi connectivity index (χ0) is 20.6. The number of carbonyl (C=O) groups excluding carboxylic acids is 1. The average Bonchev–Trinajstić information content (AvgIpc) is 2.68. The Balaban J connectivity index is 1.49. The van der Waals surface area contributed by atoms with Crippen LogP contribution >= 0.6 is 0 Å². The Labute approximate surface area is 168 Å². The molecule has 1 amide bonds. The minimum atomic E-state index is -0.317. The first-order valence-electron chi connectivity index (χ1n) is 9.22. The maximum absolute atomic E-state index is 11.9. The van der Waals surface area contributed by atoms with Crippen molar-refractivity contribution in [1.29, 1.82) is 0 Å². The van der Waals surface area contributed by atoms with Gasteiger partial charge in [-0.2, -0.15) is 10.1 Å². The number of aromatic nitrogens is 4. The molecule has 29 heavy (non-hydrogen) atoms. The van der Waals surface area contributed by atoms with Crippen LogP contribution in [0.15, 0.2) is 53.5 Å². The zero-order valence-electron chi connectivity index (χ0n) is 16.3. The second-order valence-electron chi connectivity index (χ2n) is 6.51. The molecule has 0 bridgehead atoms. The average molecular weight is 393 g/mol. The minimum absolute atomic E-state index is 0.120. The van der Waals surface area contributed by atoms with E-state index in [1.54, 1.807) is 0 Å². The summed E-state index contributed by atoms with van der Waals surface area (Å²) in [4.78, 5) is 32.3. The monoisotopic (exact) mass is 393 g/mol. The van der Waals surface area contributed by atoms with Crippen molar-refractivity contribution in [3.63, 3.8) is 0 Å². The number of rotatable bonds is 8. The topological polar surface area (TPSA) is 114 Å². The van der Waals surface area contributed by atoms with E-state index in [-0.39, 0.29) is 18.0 Å². The van der Waals surface area contributed by atoms with E-state index in [9.17, 15) is 9.59 Å². The standard InChI is InChI=1S/C20H23N7O2/c1-14-5-7-16(8-6-14)25-17-12-15(2)24-20(26-17)22-11-10-21-18(28)13-27-19(29)4-3-9-23-27/h3-9,12H,10-11,13H2,1-2H3,(H,21,28)(H2,22,24,25,26).